The number of likely N-dealkylation sites (tertiary alicyclic amines) is 1. The fraction of sp³-hybridized carbons (Fsp3) is 0.613. The van der Waals surface area contributed by atoms with Gasteiger partial charge in [0.2, 0.25) is 6.33 Å². The third-order valence-corrected chi connectivity index (χ3v) is 6.32. The lowest BCUT2D eigenvalue weighted by Gasteiger charge is -2.28. The average molecular weight is 599 g/mol. The second-order valence-electron chi connectivity index (χ2n) is 10.1. The Labute approximate surface area is 260 Å². The van der Waals surface area contributed by atoms with Crippen molar-refractivity contribution >= 4 is 12.0 Å². The molecule has 1 aliphatic heterocycles. The predicted octanol–water partition coefficient (Wildman–Crippen LogP) is 2.65. The van der Waals surface area contributed by atoms with Crippen LogP contribution in [-0.4, -0.2) is 47.7 Å². The Hall–Kier alpha value is -3.65. The fourth-order valence-corrected chi connectivity index (χ4v) is 3.90. The summed E-state index contributed by atoms with van der Waals surface area (Å²) in [5.41, 5.74) is 1.33. The molecular formula is C31H51ClN10. The standard InChI is InChI=1S/C10H16N.C9H20N.C8H15N2.2C2N3.ClH/c1-3-4-7-11-8-5-10(2)6-9-11;1-3-4-7-10(2)8-5-6-9-10;1-3-4-5-10-7-6-9(2)8-10;2*3-1-5-2-4;/h5-6,8-9H,3-4,7H2,1-2H3;3-9H2,1-2H3;6-8H,3-5H2,1-2H3;;;1H/q3*+1;2*-1;/p-1. The molecule has 0 aromatic carbocycles. The van der Waals surface area contributed by atoms with Gasteiger partial charge < -0.3 is 37.7 Å². The maximum absolute atomic E-state index is 7.43. The highest BCUT2D eigenvalue weighted by atomic mass is 35.5. The molecule has 10 nitrogen and oxygen atoms in total. The first kappa shape index (κ1) is 42.8. The van der Waals surface area contributed by atoms with Crippen LogP contribution in [0.4, 0.5) is 0 Å². The molecule has 1 saturated heterocycles. The number of rotatable bonds is 9. The van der Waals surface area contributed by atoms with Gasteiger partial charge in [0.15, 0.2) is 12.4 Å². The van der Waals surface area contributed by atoms with Crippen LogP contribution < -0.4 is 21.5 Å². The number of hydrogen-bond acceptors (Lipinski definition) is 4. The zero-order chi connectivity index (χ0) is 31.2. The summed E-state index contributed by atoms with van der Waals surface area (Å²) in [6, 6.07) is 6.86. The Morgan fingerprint density at radius 3 is 1.81 bits per heavy atom. The van der Waals surface area contributed by atoms with E-state index in [-0.39, 0.29) is 12.4 Å². The van der Waals surface area contributed by atoms with Gasteiger partial charge in [-0.15, -0.1) is 12.0 Å². The van der Waals surface area contributed by atoms with Crippen LogP contribution in [0.15, 0.2) is 53.2 Å². The van der Waals surface area contributed by atoms with E-state index in [1.54, 1.807) is 0 Å². The van der Waals surface area contributed by atoms with Gasteiger partial charge in [-0.3, -0.25) is 0 Å². The van der Waals surface area contributed by atoms with Crippen LogP contribution in [0, 0.1) is 29.8 Å². The molecular weight excluding hydrogens is 548 g/mol. The molecule has 0 spiro atoms. The zero-order valence-corrected chi connectivity index (χ0v) is 27.3. The largest absolute Gasteiger partial charge is 1.00 e. The van der Waals surface area contributed by atoms with Crippen molar-refractivity contribution in [3.05, 3.63) is 59.6 Å². The van der Waals surface area contributed by atoms with Crippen molar-refractivity contribution in [2.75, 3.05) is 26.7 Å². The van der Waals surface area contributed by atoms with Crippen LogP contribution in [-0.2, 0) is 20.1 Å². The maximum atomic E-state index is 7.43. The van der Waals surface area contributed by atoms with Crippen molar-refractivity contribution in [3.63, 3.8) is 0 Å². The summed E-state index contributed by atoms with van der Waals surface area (Å²) in [4.78, 5) is 5.17. The number of imidazole rings is 1. The van der Waals surface area contributed by atoms with E-state index in [0.717, 1.165) is 13.1 Å². The van der Waals surface area contributed by atoms with Crippen LogP contribution in [0.3, 0.4) is 0 Å². The van der Waals surface area contributed by atoms with Gasteiger partial charge in [-0.2, -0.15) is 10.5 Å². The van der Waals surface area contributed by atoms with Crippen LogP contribution in [0.5, 0.6) is 0 Å². The van der Waals surface area contributed by atoms with Crippen LogP contribution in [0.2, 0.25) is 0 Å². The smallest absolute Gasteiger partial charge is 0.243 e. The Balaban J connectivity index is -0.000000466. The molecule has 2 aromatic heterocycles. The van der Waals surface area contributed by atoms with Gasteiger partial charge in [0.25, 0.3) is 0 Å². The molecule has 1 fully saturated rings. The number of unbranched alkanes of at least 4 members (excludes halogenated alkanes) is 3. The Bertz CT molecular complexity index is 1050. The molecule has 232 valence electrons. The van der Waals surface area contributed by atoms with Crippen molar-refractivity contribution in [2.24, 2.45) is 17.0 Å². The number of aliphatic imine (C=N–C) groups is 2. The van der Waals surface area contributed by atoms with Gasteiger partial charge in [0.05, 0.1) is 52.7 Å². The van der Waals surface area contributed by atoms with E-state index in [0.29, 0.717) is 0 Å². The first-order chi connectivity index (χ1) is 19.7. The minimum Gasteiger partial charge on any atom is -1.00 e. The van der Waals surface area contributed by atoms with Crippen molar-refractivity contribution in [2.45, 2.75) is 92.2 Å². The number of aryl methyl sites for hydroxylation is 4. The molecule has 0 amide bonds. The van der Waals surface area contributed by atoms with E-state index >= 15 is 0 Å². The van der Waals surface area contributed by atoms with Gasteiger partial charge in [-0.1, -0.05) is 40.0 Å². The Kier molecular flexibility index (Phi) is 30.9. The van der Waals surface area contributed by atoms with E-state index in [2.05, 4.69) is 102 Å². The highest BCUT2D eigenvalue weighted by Gasteiger charge is 2.25. The number of nitrogens with zero attached hydrogens (tertiary/aromatic N) is 10. The minimum atomic E-state index is 0. The SMILES string of the molecule is CCCC[N+]1(C)CCCC1.CCCC[n+]1ccc(C)cc1.CCCCn1cc[n+](C)c1.N#CN=C=[N-].N#CN=C=[N-].[Cl-]. The molecule has 0 saturated carbocycles. The van der Waals surface area contributed by atoms with E-state index in [1.165, 1.54) is 105 Å². The lowest BCUT2D eigenvalue weighted by atomic mass is 10.3. The highest BCUT2D eigenvalue weighted by Crippen LogP contribution is 2.16. The molecule has 0 bridgehead atoms. The molecule has 42 heavy (non-hydrogen) atoms. The molecule has 3 rings (SSSR count). The monoisotopic (exact) mass is 598 g/mol. The summed E-state index contributed by atoms with van der Waals surface area (Å²) in [6.45, 7) is 15.4. The number of halogens is 1. The normalized spacial score (nSPS) is 11.5. The number of pyridine rings is 1. The van der Waals surface area contributed by atoms with Crippen LogP contribution >= 0.6 is 0 Å². The van der Waals surface area contributed by atoms with Gasteiger partial charge in [-0.05, 0) is 25.3 Å². The second-order valence-corrected chi connectivity index (χ2v) is 10.1. The summed E-state index contributed by atoms with van der Waals surface area (Å²) in [6.07, 6.45) is 23.9. The highest BCUT2D eigenvalue weighted by molar-refractivity contribution is 5.46. The number of nitriles is 2. The quantitative estimate of drug-likeness (QED) is 0.190. The molecule has 0 unspecified atom stereocenters. The number of quaternary nitrogens is 1. The third-order valence-electron chi connectivity index (χ3n) is 6.32. The summed E-state index contributed by atoms with van der Waals surface area (Å²) >= 11 is 0. The molecule has 0 aliphatic carbocycles. The minimum absolute atomic E-state index is 0. The lowest BCUT2D eigenvalue weighted by Crippen LogP contribution is -3.00. The van der Waals surface area contributed by atoms with Gasteiger partial charge >= 0.3 is 0 Å². The summed E-state index contributed by atoms with van der Waals surface area (Å²) in [5, 5.41) is 29.7. The van der Waals surface area contributed by atoms with E-state index in [1.807, 2.05) is 7.05 Å². The third kappa shape index (κ3) is 26.6. The lowest BCUT2D eigenvalue weighted by molar-refractivity contribution is -0.897. The van der Waals surface area contributed by atoms with Crippen molar-refractivity contribution in [1.29, 1.82) is 10.5 Å². The molecule has 3 heterocycles. The zero-order valence-electron chi connectivity index (χ0n) is 26.6. The van der Waals surface area contributed by atoms with E-state index < -0.39 is 0 Å². The fourth-order valence-electron chi connectivity index (χ4n) is 3.90. The van der Waals surface area contributed by atoms with E-state index in [4.69, 9.17) is 21.3 Å². The summed E-state index contributed by atoms with van der Waals surface area (Å²) in [7, 11) is 4.45. The first-order valence-electron chi connectivity index (χ1n) is 14.5. The average Bonchev–Trinajstić information content (AvgIpc) is 3.61. The number of hydrogen-bond donors (Lipinski definition) is 0. The second kappa shape index (κ2) is 30.3. The summed E-state index contributed by atoms with van der Waals surface area (Å²) < 4.78 is 7.86. The Morgan fingerprint density at radius 2 is 1.43 bits per heavy atom. The molecule has 2 aromatic rings. The molecule has 0 N–H and O–H groups in total. The first-order valence-corrected chi connectivity index (χ1v) is 14.5. The topological polar surface area (TPSA) is 130 Å². The molecule has 0 atom stereocenters. The molecule has 11 heteroatoms. The summed E-state index contributed by atoms with van der Waals surface area (Å²) in [5.74, 6) is 0. The van der Waals surface area contributed by atoms with Crippen LogP contribution in [0.1, 0.15) is 77.7 Å². The van der Waals surface area contributed by atoms with Gasteiger partial charge in [0.1, 0.15) is 18.9 Å². The number of aromatic nitrogens is 3. The molecule has 0 radical (unpaired) electrons. The van der Waals surface area contributed by atoms with Crippen LogP contribution in [0.25, 0.3) is 10.8 Å². The predicted molar refractivity (Wildman–Crippen MR) is 165 cm³/mol. The Morgan fingerprint density at radius 1 is 0.905 bits per heavy atom. The van der Waals surface area contributed by atoms with Crippen molar-refractivity contribution in [3.8, 4) is 12.4 Å². The van der Waals surface area contributed by atoms with Gasteiger partial charge in [0, 0.05) is 31.4 Å². The maximum Gasteiger partial charge on any atom is 0.243 e. The van der Waals surface area contributed by atoms with Crippen molar-refractivity contribution in [1.82, 2.24) is 4.57 Å². The van der Waals surface area contributed by atoms with E-state index in [9.17, 15) is 0 Å². The van der Waals surface area contributed by atoms with Gasteiger partial charge in [-0.25, -0.2) is 13.7 Å². The van der Waals surface area contributed by atoms with Crippen molar-refractivity contribution < 1.29 is 26.0 Å². The molecule has 1 aliphatic rings.